The van der Waals surface area contributed by atoms with E-state index in [2.05, 4.69) is 20.8 Å². The Balaban J connectivity index is 0.000000167. The van der Waals surface area contributed by atoms with E-state index < -0.39 is 20.0 Å². The molecule has 0 spiro atoms. The second-order valence-corrected chi connectivity index (χ2v) is 18.4. The zero-order valence-electron chi connectivity index (χ0n) is 30.8. The van der Waals surface area contributed by atoms with Gasteiger partial charge in [0.05, 0.1) is 48.8 Å². The minimum Gasteiger partial charge on any atom is -0.385 e. The van der Waals surface area contributed by atoms with Crippen LogP contribution in [0.3, 0.4) is 0 Å². The fraction of sp³-hybridized carbons (Fsp3) is 0.444. The van der Waals surface area contributed by atoms with Crippen LogP contribution >= 0.6 is 0 Å². The molecule has 18 heteroatoms. The van der Waals surface area contributed by atoms with Crippen LogP contribution in [-0.4, -0.2) is 95.5 Å². The second kappa shape index (κ2) is 14.1. The first-order chi connectivity index (χ1) is 25.5. The number of para-hydroxylation sites is 2. The minimum absolute atomic E-state index is 0.121. The monoisotopic (exact) mass is 778 g/mol. The summed E-state index contributed by atoms with van der Waals surface area (Å²) >= 11 is 0. The number of aromatic nitrogens is 4. The van der Waals surface area contributed by atoms with Gasteiger partial charge in [-0.05, 0) is 61.8 Å². The van der Waals surface area contributed by atoms with Crippen LogP contribution in [0.2, 0.25) is 0 Å². The summed E-state index contributed by atoms with van der Waals surface area (Å²) in [5.41, 5.74) is 21.1. The van der Waals surface area contributed by atoms with Crippen LogP contribution < -0.4 is 22.1 Å². The summed E-state index contributed by atoms with van der Waals surface area (Å²) in [7, 11) is -6.66. The van der Waals surface area contributed by atoms with Crippen molar-refractivity contribution in [3.05, 3.63) is 81.2 Å². The van der Waals surface area contributed by atoms with Crippen LogP contribution in [0.25, 0.3) is 0 Å². The average Bonchev–Trinajstić information content (AvgIpc) is 3.66. The molecule has 4 aliphatic heterocycles. The number of sulfonamides is 2. The number of anilines is 4. The lowest BCUT2D eigenvalue weighted by Crippen LogP contribution is -2.37. The predicted molar refractivity (Wildman–Crippen MR) is 207 cm³/mol. The molecule has 0 aliphatic carbocycles. The lowest BCUT2D eigenvalue weighted by molar-refractivity contribution is 0.0845. The van der Waals surface area contributed by atoms with Gasteiger partial charge >= 0.3 is 0 Å². The SMILES string of the molecule is Cc1cccc2c1NCCC2C(=O)n1nc(N)c2c1CN(S(C)(=O)=O)CC2.Cc1cccc2c1NCCC2C(=O)n1nc2c(c1N)CCN(S(C)(=O)=O)C2. The number of nitrogens with one attached hydrogen (secondary N) is 2. The highest BCUT2D eigenvalue weighted by Crippen LogP contribution is 2.38. The maximum Gasteiger partial charge on any atom is 0.256 e. The highest BCUT2D eigenvalue weighted by molar-refractivity contribution is 7.88. The summed E-state index contributed by atoms with van der Waals surface area (Å²) in [6, 6.07) is 11.8. The zero-order valence-corrected chi connectivity index (χ0v) is 32.4. The Morgan fingerprint density at radius 3 is 1.76 bits per heavy atom. The molecule has 4 aliphatic rings. The van der Waals surface area contributed by atoms with E-state index in [1.54, 1.807) is 0 Å². The highest BCUT2D eigenvalue weighted by atomic mass is 32.2. The first-order valence-corrected chi connectivity index (χ1v) is 21.6. The van der Waals surface area contributed by atoms with Crippen molar-refractivity contribution >= 4 is 54.9 Å². The van der Waals surface area contributed by atoms with E-state index in [4.69, 9.17) is 11.5 Å². The lowest BCUT2D eigenvalue weighted by atomic mass is 9.88. The molecule has 6 N–H and O–H groups in total. The Morgan fingerprint density at radius 2 is 1.22 bits per heavy atom. The van der Waals surface area contributed by atoms with Crippen molar-refractivity contribution in [3.8, 4) is 0 Å². The number of nitrogens with two attached hydrogens (primary N) is 2. The van der Waals surface area contributed by atoms with Crippen LogP contribution in [0.15, 0.2) is 36.4 Å². The molecule has 2 aromatic heterocycles. The van der Waals surface area contributed by atoms with Crippen LogP contribution in [-0.2, 0) is 46.0 Å². The van der Waals surface area contributed by atoms with E-state index in [-0.39, 0.29) is 36.7 Å². The summed E-state index contributed by atoms with van der Waals surface area (Å²) in [6.45, 7) is 6.41. The molecular formula is C36H46N10O6S2. The molecule has 0 saturated heterocycles. The number of hydrogen-bond donors (Lipinski definition) is 4. The number of carbonyl (C=O) groups is 2. The maximum atomic E-state index is 13.4. The van der Waals surface area contributed by atoms with Gasteiger partial charge in [-0.1, -0.05) is 36.4 Å². The van der Waals surface area contributed by atoms with Crippen molar-refractivity contribution in [3.63, 3.8) is 0 Å². The largest absolute Gasteiger partial charge is 0.385 e. The second-order valence-electron chi connectivity index (χ2n) is 14.4. The Bertz CT molecular complexity index is 2390. The van der Waals surface area contributed by atoms with Crippen molar-refractivity contribution in [2.75, 3.05) is 60.8 Å². The number of benzene rings is 2. The van der Waals surface area contributed by atoms with Crippen molar-refractivity contribution in [1.29, 1.82) is 0 Å². The first kappa shape index (κ1) is 37.5. The Morgan fingerprint density at radius 1 is 0.722 bits per heavy atom. The molecule has 0 fully saturated rings. The number of fused-ring (bicyclic) bond motifs is 4. The standard InChI is InChI=1S/2C18H23N5O3S/c1-11-4-3-5-12-13(6-8-20-16(11)12)18(24)23-15-10-22(27(2,25)26)9-7-14(15)17(19)21-23;1-11-4-3-5-12-13(6-8-20-16(11)12)18(24)23-17(19)14-7-9-22(27(2,25)26)10-15(14)21-23/h3-5,13,20H,6-10H2,1-2H3,(H2,19,21);3-5,13,20H,6-10,19H2,1-2H3. The molecule has 2 aromatic carbocycles. The Hall–Kier alpha value is -4.78. The molecule has 2 atom stereocenters. The molecule has 16 nitrogen and oxygen atoms in total. The molecule has 2 unspecified atom stereocenters. The molecule has 288 valence electrons. The maximum absolute atomic E-state index is 13.4. The van der Waals surface area contributed by atoms with Crippen LogP contribution in [0.4, 0.5) is 23.0 Å². The van der Waals surface area contributed by atoms with Gasteiger partial charge in [0.25, 0.3) is 11.8 Å². The minimum atomic E-state index is -3.35. The number of carbonyl (C=O) groups excluding carboxylic acids is 2. The van der Waals surface area contributed by atoms with Gasteiger partial charge in [0.15, 0.2) is 0 Å². The zero-order chi connectivity index (χ0) is 38.7. The van der Waals surface area contributed by atoms with E-state index in [1.807, 2.05) is 50.2 Å². The fourth-order valence-corrected chi connectivity index (χ4v) is 9.54. The summed E-state index contributed by atoms with van der Waals surface area (Å²) in [4.78, 5) is 26.6. The quantitative estimate of drug-likeness (QED) is 0.235. The first-order valence-electron chi connectivity index (χ1n) is 17.9. The number of nitrogens with zero attached hydrogens (tertiary/aromatic N) is 6. The molecule has 54 heavy (non-hydrogen) atoms. The Labute approximate surface area is 315 Å². The predicted octanol–water partition coefficient (Wildman–Crippen LogP) is 2.66. The van der Waals surface area contributed by atoms with Crippen LogP contribution in [0.1, 0.15) is 79.0 Å². The lowest BCUT2D eigenvalue weighted by Gasteiger charge is -2.28. The van der Waals surface area contributed by atoms with Gasteiger partial charge in [0, 0.05) is 48.7 Å². The van der Waals surface area contributed by atoms with E-state index >= 15 is 0 Å². The van der Waals surface area contributed by atoms with E-state index in [0.717, 1.165) is 44.8 Å². The normalized spacial score (nSPS) is 19.9. The summed E-state index contributed by atoms with van der Waals surface area (Å²) < 4.78 is 52.9. The fourth-order valence-electron chi connectivity index (χ4n) is 7.98. The van der Waals surface area contributed by atoms with Crippen molar-refractivity contribution in [1.82, 2.24) is 28.2 Å². The summed E-state index contributed by atoms with van der Waals surface area (Å²) in [5, 5.41) is 15.4. The third kappa shape index (κ3) is 6.86. The summed E-state index contributed by atoms with van der Waals surface area (Å²) in [6.07, 6.45) is 4.59. The molecular weight excluding hydrogens is 733 g/mol. The molecule has 0 amide bonds. The topological polar surface area (TPSA) is 221 Å². The van der Waals surface area contributed by atoms with Gasteiger partial charge in [-0.25, -0.2) is 21.5 Å². The smallest absolute Gasteiger partial charge is 0.256 e. The van der Waals surface area contributed by atoms with Gasteiger partial charge in [-0.3, -0.25) is 9.59 Å². The van der Waals surface area contributed by atoms with Crippen LogP contribution in [0, 0.1) is 13.8 Å². The average molecular weight is 779 g/mol. The number of nitrogen functional groups attached to an aromatic ring is 2. The number of aryl methyl sites for hydroxylation is 2. The highest BCUT2D eigenvalue weighted by Gasteiger charge is 2.36. The van der Waals surface area contributed by atoms with Crippen molar-refractivity contribution in [2.24, 2.45) is 0 Å². The molecule has 8 rings (SSSR count). The van der Waals surface area contributed by atoms with Crippen molar-refractivity contribution < 1.29 is 26.4 Å². The molecule has 0 radical (unpaired) electrons. The van der Waals surface area contributed by atoms with E-state index in [1.165, 1.54) is 30.5 Å². The third-order valence-electron chi connectivity index (χ3n) is 10.9. The van der Waals surface area contributed by atoms with E-state index in [0.29, 0.717) is 74.9 Å². The van der Waals surface area contributed by atoms with Gasteiger partial charge in [-0.2, -0.15) is 18.4 Å². The Kier molecular flexibility index (Phi) is 9.82. The van der Waals surface area contributed by atoms with Gasteiger partial charge in [-0.15, -0.1) is 5.10 Å². The molecule has 4 aromatic rings. The van der Waals surface area contributed by atoms with Crippen molar-refractivity contribution in [2.45, 2.75) is 64.5 Å². The molecule has 0 saturated carbocycles. The number of hydrogen-bond acceptors (Lipinski definition) is 12. The number of rotatable bonds is 4. The van der Waals surface area contributed by atoms with Gasteiger partial charge in [0.1, 0.15) is 11.6 Å². The van der Waals surface area contributed by atoms with E-state index in [9.17, 15) is 26.4 Å². The third-order valence-corrected chi connectivity index (χ3v) is 13.4. The van der Waals surface area contributed by atoms with Gasteiger partial charge in [0.2, 0.25) is 20.0 Å². The van der Waals surface area contributed by atoms with Crippen LogP contribution in [0.5, 0.6) is 0 Å². The molecule has 0 bridgehead atoms. The summed E-state index contributed by atoms with van der Waals surface area (Å²) in [5.74, 6) is -0.345. The van der Waals surface area contributed by atoms with Gasteiger partial charge < -0.3 is 22.1 Å². The molecule has 6 heterocycles.